The van der Waals surface area contributed by atoms with E-state index in [4.69, 9.17) is 13.6 Å². The molecule has 7 heteroatoms. The van der Waals surface area contributed by atoms with Crippen LogP contribution in [0.2, 0.25) is 36.3 Å². The van der Waals surface area contributed by atoms with Gasteiger partial charge in [-0.05, 0) is 80.7 Å². The number of hydrogen-bond donors (Lipinski definition) is 1. The van der Waals surface area contributed by atoms with E-state index in [1.807, 2.05) is 6.08 Å². The molecular weight excluding hydrogens is 557 g/mol. The van der Waals surface area contributed by atoms with E-state index in [1.165, 1.54) is 26.4 Å². The van der Waals surface area contributed by atoms with Gasteiger partial charge in [-0.1, -0.05) is 98.5 Å². The van der Waals surface area contributed by atoms with Crippen LogP contribution in [-0.4, -0.2) is 53.1 Å². The summed E-state index contributed by atoms with van der Waals surface area (Å²) < 4.78 is 19.1. The summed E-state index contributed by atoms with van der Waals surface area (Å²) in [6.45, 7) is 25.6. The number of methoxy groups -OCH3 is 1. The number of carbonyl (C=O) groups is 1. The fourth-order valence-electron chi connectivity index (χ4n) is 5.17. The van der Waals surface area contributed by atoms with Crippen molar-refractivity contribution in [3.05, 3.63) is 24.3 Å². The number of esters is 1. The second kappa shape index (κ2) is 17.7. The van der Waals surface area contributed by atoms with Gasteiger partial charge in [-0.15, -0.1) is 0 Å². The smallest absolute Gasteiger partial charge is 0.305 e. The van der Waals surface area contributed by atoms with Crippen LogP contribution in [0.3, 0.4) is 0 Å². The summed E-state index contributed by atoms with van der Waals surface area (Å²) in [5, 5.41) is 11.2. The monoisotopic (exact) mass is 624 g/mol. The van der Waals surface area contributed by atoms with Crippen LogP contribution >= 0.6 is 0 Å². The summed E-state index contributed by atoms with van der Waals surface area (Å²) in [6.07, 6.45) is 19.3. The summed E-state index contributed by atoms with van der Waals surface area (Å²) in [7, 11) is -2.57. The molecule has 0 heterocycles. The maximum Gasteiger partial charge on any atom is 0.305 e. The molecular formula is C35H68O5Si2. The molecule has 1 aliphatic carbocycles. The van der Waals surface area contributed by atoms with E-state index in [9.17, 15) is 9.90 Å². The molecule has 0 amide bonds. The van der Waals surface area contributed by atoms with Crippen molar-refractivity contribution in [2.75, 3.05) is 7.11 Å². The highest BCUT2D eigenvalue weighted by Crippen LogP contribution is 2.47. The van der Waals surface area contributed by atoms with Crippen molar-refractivity contribution in [3.63, 3.8) is 0 Å². The minimum Gasteiger partial charge on any atom is -0.469 e. The molecule has 1 N–H and O–H groups in total. The zero-order valence-corrected chi connectivity index (χ0v) is 31.6. The van der Waals surface area contributed by atoms with E-state index in [1.54, 1.807) is 0 Å². The highest BCUT2D eigenvalue weighted by Gasteiger charge is 2.50. The Morgan fingerprint density at radius 2 is 1.48 bits per heavy atom. The molecule has 0 aromatic heterocycles. The van der Waals surface area contributed by atoms with E-state index >= 15 is 0 Å². The largest absolute Gasteiger partial charge is 0.469 e. The minimum absolute atomic E-state index is 0.0858. The van der Waals surface area contributed by atoms with Gasteiger partial charge in [0.1, 0.15) is 0 Å². The van der Waals surface area contributed by atoms with Crippen molar-refractivity contribution in [2.24, 2.45) is 11.8 Å². The lowest BCUT2D eigenvalue weighted by Gasteiger charge is -2.40. The minimum atomic E-state index is -2.01. The van der Waals surface area contributed by atoms with E-state index in [0.29, 0.717) is 18.8 Å². The van der Waals surface area contributed by atoms with Crippen LogP contribution in [0.25, 0.3) is 0 Å². The number of hydrogen-bond acceptors (Lipinski definition) is 5. The third kappa shape index (κ3) is 13.1. The molecule has 0 saturated heterocycles. The van der Waals surface area contributed by atoms with Gasteiger partial charge in [0.15, 0.2) is 16.6 Å². The Balaban J connectivity index is 3.22. The Kier molecular flexibility index (Phi) is 16.5. The maximum absolute atomic E-state index is 11.4. The fraction of sp³-hybridized carbons (Fsp3) is 0.857. The van der Waals surface area contributed by atoms with Crippen LogP contribution in [-0.2, 0) is 18.4 Å². The second-order valence-corrected chi connectivity index (χ2v) is 25.2. The molecule has 0 aliphatic heterocycles. The number of aliphatic hydroxyl groups is 1. The zero-order valence-electron chi connectivity index (χ0n) is 29.6. The Labute approximate surface area is 262 Å². The van der Waals surface area contributed by atoms with Crippen LogP contribution < -0.4 is 0 Å². The van der Waals surface area contributed by atoms with Crippen LogP contribution in [0, 0.1) is 11.8 Å². The van der Waals surface area contributed by atoms with Crippen molar-refractivity contribution in [2.45, 2.75) is 174 Å². The predicted octanol–water partition coefficient (Wildman–Crippen LogP) is 9.97. The molecule has 0 radical (unpaired) electrons. The van der Waals surface area contributed by atoms with Gasteiger partial charge in [0.25, 0.3) is 0 Å². The molecule has 1 aliphatic rings. The number of carbonyl (C=O) groups excluding carboxylic acids is 1. The standard InChI is InChI=1S/C35H68O5Si2/c1-13-14-15-16-17-20-23-29-30(26-25-28(36)22-19-18-21-24-33(37)38-8)32(40-42(11,12)35(5,6)7)27-31(29)39-41(9,10)34(2,3)4/h17,20,25-26,28-32,36H,13-16,18-19,21-24,27H2,1-12H3/b20-17-,26-25+/t28?,29-,30+,31-,32+/m0/s1. The first-order valence-corrected chi connectivity index (χ1v) is 22.6. The summed E-state index contributed by atoms with van der Waals surface area (Å²) in [6, 6.07) is 0. The van der Waals surface area contributed by atoms with Crippen LogP contribution in [0.15, 0.2) is 24.3 Å². The highest BCUT2D eigenvalue weighted by atomic mass is 28.4. The predicted molar refractivity (Wildman–Crippen MR) is 184 cm³/mol. The van der Waals surface area contributed by atoms with Gasteiger partial charge in [-0.2, -0.15) is 0 Å². The Morgan fingerprint density at radius 3 is 2.02 bits per heavy atom. The molecule has 0 spiro atoms. The molecule has 1 rings (SSSR count). The van der Waals surface area contributed by atoms with Gasteiger partial charge < -0.3 is 18.7 Å². The highest BCUT2D eigenvalue weighted by molar-refractivity contribution is 6.74. The van der Waals surface area contributed by atoms with Gasteiger partial charge in [-0.3, -0.25) is 4.79 Å². The molecule has 5 atom stereocenters. The van der Waals surface area contributed by atoms with E-state index in [2.05, 4.69) is 92.9 Å². The van der Waals surface area contributed by atoms with Crippen molar-refractivity contribution in [1.82, 2.24) is 0 Å². The molecule has 246 valence electrons. The second-order valence-electron chi connectivity index (χ2n) is 15.6. The van der Waals surface area contributed by atoms with Crippen molar-refractivity contribution < 1.29 is 23.5 Å². The third-order valence-corrected chi connectivity index (χ3v) is 19.1. The fourth-order valence-corrected chi connectivity index (χ4v) is 7.92. The summed E-state index contributed by atoms with van der Waals surface area (Å²) in [4.78, 5) is 11.4. The topological polar surface area (TPSA) is 65.0 Å². The normalized spacial score (nSPS) is 23.3. The molecule has 0 bridgehead atoms. The zero-order chi connectivity index (χ0) is 32.2. The van der Waals surface area contributed by atoms with Gasteiger partial charge in [0, 0.05) is 12.3 Å². The molecule has 1 fully saturated rings. The molecule has 42 heavy (non-hydrogen) atoms. The van der Waals surface area contributed by atoms with Gasteiger partial charge in [-0.25, -0.2) is 0 Å². The lowest BCUT2D eigenvalue weighted by molar-refractivity contribution is -0.140. The van der Waals surface area contributed by atoms with E-state index in [-0.39, 0.29) is 34.2 Å². The van der Waals surface area contributed by atoms with Crippen LogP contribution in [0.1, 0.15) is 119 Å². The summed E-state index contributed by atoms with van der Waals surface area (Å²) >= 11 is 0. The number of aliphatic hydroxyl groups excluding tert-OH is 1. The molecule has 1 unspecified atom stereocenters. The molecule has 5 nitrogen and oxygen atoms in total. The van der Waals surface area contributed by atoms with Crippen LogP contribution in [0.5, 0.6) is 0 Å². The quantitative estimate of drug-likeness (QED) is 0.0711. The lowest BCUT2D eigenvalue weighted by atomic mass is 9.89. The van der Waals surface area contributed by atoms with Crippen LogP contribution in [0.4, 0.5) is 0 Å². The first-order chi connectivity index (χ1) is 19.4. The average molecular weight is 625 g/mol. The third-order valence-electron chi connectivity index (χ3n) is 10.1. The summed E-state index contributed by atoms with van der Waals surface area (Å²) in [5.74, 6) is 0.354. The number of rotatable bonds is 18. The lowest BCUT2D eigenvalue weighted by Crippen LogP contribution is -2.45. The Bertz CT molecular complexity index is 837. The number of ether oxygens (including phenoxy) is 1. The van der Waals surface area contributed by atoms with Crippen molar-refractivity contribution in [3.8, 4) is 0 Å². The SMILES string of the molecule is CCCCC/C=C\C[C@H]1[C@@H](/C=C/C(O)CCCCCC(=O)OC)[C@H](O[Si](C)(C)C(C)(C)C)C[C@@H]1O[Si](C)(C)C(C)(C)C. The Hall–Kier alpha value is -0.736. The van der Waals surface area contributed by atoms with Crippen molar-refractivity contribution in [1.29, 1.82) is 0 Å². The number of allylic oxidation sites excluding steroid dienone is 2. The van der Waals surface area contributed by atoms with Crippen molar-refractivity contribution >= 4 is 22.6 Å². The van der Waals surface area contributed by atoms with Gasteiger partial charge in [0.2, 0.25) is 0 Å². The molecule has 0 aromatic carbocycles. The molecule has 1 saturated carbocycles. The number of unbranched alkanes of at least 4 members (excludes halogenated alkanes) is 5. The average Bonchev–Trinajstić information content (AvgIpc) is 3.17. The van der Waals surface area contributed by atoms with E-state index < -0.39 is 22.7 Å². The maximum atomic E-state index is 11.4. The van der Waals surface area contributed by atoms with Gasteiger partial charge in [0.05, 0.1) is 25.4 Å². The Morgan fingerprint density at radius 1 is 0.881 bits per heavy atom. The van der Waals surface area contributed by atoms with E-state index in [0.717, 1.165) is 38.5 Å². The summed E-state index contributed by atoms with van der Waals surface area (Å²) in [5.41, 5.74) is 0. The molecule has 0 aromatic rings. The first-order valence-electron chi connectivity index (χ1n) is 16.8. The first kappa shape index (κ1) is 39.3. The van der Waals surface area contributed by atoms with Gasteiger partial charge >= 0.3 is 5.97 Å².